The number of carbonyl (C=O) groups is 2. The van der Waals surface area contributed by atoms with Crippen molar-refractivity contribution in [1.29, 1.82) is 0 Å². The summed E-state index contributed by atoms with van der Waals surface area (Å²) < 4.78 is 5.68. The molecule has 0 saturated heterocycles. The van der Waals surface area contributed by atoms with Crippen molar-refractivity contribution in [2.75, 3.05) is 0 Å². The first-order valence-corrected chi connectivity index (χ1v) is 8.88. The van der Waals surface area contributed by atoms with Gasteiger partial charge >= 0.3 is 0 Å². The average Bonchev–Trinajstić information content (AvgIpc) is 3.24. The lowest BCUT2D eigenvalue weighted by atomic mass is 10.1. The highest BCUT2D eigenvalue weighted by Crippen LogP contribution is 2.47. The Morgan fingerprint density at radius 3 is 2.68 bits per heavy atom. The van der Waals surface area contributed by atoms with Gasteiger partial charge < -0.3 is 4.42 Å². The molecule has 4 rings (SSSR count). The summed E-state index contributed by atoms with van der Waals surface area (Å²) in [7, 11) is 0. The number of fused-ring (bicyclic) bond motifs is 1. The molecule has 1 aromatic carbocycles. The second kappa shape index (κ2) is 7.15. The van der Waals surface area contributed by atoms with E-state index >= 15 is 0 Å². The van der Waals surface area contributed by atoms with Gasteiger partial charge in [-0.2, -0.15) is 5.10 Å². The molecule has 2 amide bonds. The summed E-state index contributed by atoms with van der Waals surface area (Å²) in [6.45, 7) is 2.17. The van der Waals surface area contributed by atoms with Gasteiger partial charge in [-0.25, -0.2) is 5.10 Å². The minimum atomic E-state index is -0.641. The molecule has 2 unspecified atom stereocenters. The molecular weight excluding hydrogens is 360 g/mol. The summed E-state index contributed by atoms with van der Waals surface area (Å²) in [4.78, 5) is 36.0. The molecule has 8 heteroatoms. The number of H-pyrrole nitrogens is 1. The topological polar surface area (TPSA) is 117 Å². The van der Waals surface area contributed by atoms with Gasteiger partial charge in [0.2, 0.25) is 0 Å². The fourth-order valence-electron chi connectivity index (χ4n) is 3.04. The van der Waals surface area contributed by atoms with Gasteiger partial charge in [-0.15, -0.1) is 0 Å². The van der Waals surface area contributed by atoms with Gasteiger partial charge in [-0.3, -0.25) is 25.2 Å². The normalized spacial score (nSPS) is 18.3. The van der Waals surface area contributed by atoms with Crippen molar-refractivity contribution in [2.45, 2.75) is 19.3 Å². The van der Waals surface area contributed by atoms with Crippen molar-refractivity contribution in [3.63, 3.8) is 0 Å². The summed E-state index contributed by atoms with van der Waals surface area (Å²) in [6, 6.07) is 10.3. The molecule has 28 heavy (non-hydrogen) atoms. The molecule has 1 aliphatic carbocycles. The molecule has 142 valence electrons. The quantitative estimate of drug-likeness (QED) is 0.475. The number of hydrogen-bond acceptors (Lipinski definition) is 5. The smallest absolute Gasteiger partial charge is 0.290 e. The minimum absolute atomic E-state index is 0.00806. The maximum atomic E-state index is 12.3. The Kier molecular flexibility index (Phi) is 4.52. The van der Waals surface area contributed by atoms with Crippen LogP contribution in [0.1, 0.15) is 41.3 Å². The predicted molar refractivity (Wildman–Crippen MR) is 102 cm³/mol. The molecular formula is C20H18N4O4. The summed E-state index contributed by atoms with van der Waals surface area (Å²) >= 11 is 0. The van der Waals surface area contributed by atoms with Crippen LogP contribution in [0.25, 0.3) is 16.8 Å². The van der Waals surface area contributed by atoms with Gasteiger partial charge in [0.25, 0.3) is 17.4 Å². The number of aromatic nitrogens is 2. The average molecular weight is 378 g/mol. The van der Waals surface area contributed by atoms with Crippen LogP contribution in [0.2, 0.25) is 0 Å². The van der Waals surface area contributed by atoms with Gasteiger partial charge in [0, 0.05) is 17.4 Å². The maximum Gasteiger partial charge on any atom is 0.290 e. The van der Waals surface area contributed by atoms with Gasteiger partial charge in [-0.05, 0) is 36.6 Å². The van der Waals surface area contributed by atoms with Gasteiger partial charge in [0.05, 0.1) is 5.39 Å². The van der Waals surface area contributed by atoms with Crippen LogP contribution in [0.15, 0.2) is 51.7 Å². The molecule has 1 fully saturated rings. The van der Waals surface area contributed by atoms with Crippen LogP contribution in [0.3, 0.4) is 0 Å². The van der Waals surface area contributed by atoms with Gasteiger partial charge in [0.15, 0.2) is 5.69 Å². The molecule has 1 aliphatic rings. The van der Waals surface area contributed by atoms with E-state index in [0.29, 0.717) is 28.4 Å². The highest BCUT2D eigenvalue weighted by atomic mass is 16.3. The summed E-state index contributed by atoms with van der Waals surface area (Å²) in [5, 5.41) is 6.78. The first-order valence-electron chi connectivity index (χ1n) is 8.88. The molecule has 3 aromatic rings. The minimum Gasteiger partial charge on any atom is -0.461 e. The monoisotopic (exact) mass is 378 g/mol. The zero-order chi connectivity index (χ0) is 19.7. The number of hydrazine groups is 1. The van der Waals surface area contributed by atoms with E-state index in [9.17, 15) is 14.4 Å². The third-order valence-electron chi connectivity index (χ3n) is 4.73. The van der Waals surface area contributed by atoms with E-state index < -0.39 is 17.4 Å². The third kappa shape index (κ3) is 3.57. The largest absolute Gasteiger partial charge is 0.461 e. The summed E-state index contributed by atoms with van der Waals surface area (Å²) in [5.74, 6) is 1.44. The van der Waals surface area contributed by atoms with Gasteiger partial charge in [-0.1, -0.05) is 25.1 Å². The lowest BCUT2D eigenvalue weighted by molar-refractivity contribution is -0.117. The Balaban J connectivity index is 1.38. The van der Waals surface area contributed by atoms with E-state index in [1.54, 1.807) is 30.3 Å². The fraction of sp³-hybridized carbons (Fsp3) is 0.200. The Morgan fingerprint density at radius 1 is 1.18 bits per heavy atom. The van der Waals surface area contributed by atoms with Crippen molar-refractivity contribution in [3.05, 3.63) is 70.0 Å². The van der Waals surface area contributed by atoms with E-state index in [2.05, 4.69) is 28.0 Å². The van der Waals surface area contributed by atoms with Crippen molar-refractivity contribution >= 4 is 28.7 Å². The molecule has 3 N–H and O–H groups in total. The molecule has 0 radical (unpaired) electrons. The maximum absolute atomic E-state index is 12.3. The molecule has 8 nitrogen and oxygen atoms in total. The third-order valence-corrected chi connectivity index (χ3v) is 4.73. The Morgan fingerprint density at radius 2 is 1.93 bits per heavy atom. The van der Waals surface area contributed by atoms with E-state index in [0.717, 1.165) is 12.2 Å². The molecule has 1 saturated carbocycles. The van der Waals surface area contributed by atoms with Crippen molar-refractivity contribution < 1.29 is 14.0 Å². The molecule has 0 aliphatic heterocycles. The van der Waals surface area contributed by atoms with Crippen molar-refractivity contribution in [3.8, 4) is 0 Å². The van der Waals surface area contributed by atoms with Crippen molar-refractivity contribution in [1.82, 2.24) is 21.0 Å². The standard InChI is InChI=1S/C20H18N4O4/c1-11-10-15(11)16-8-6-12(28-16)7-9-17(25)21-24-20(27)18-13-4-2-3-5-14(13)19(26)23-22-18/h2-9,11,15H,10H2,1H3,(H,21,25)(H,23,26)(H,24,27)/b9-7+. The fourth-order valence-corrected chi connectivity index (χ4v) is 3.04. The van der Waals surface area contributed by atoms with E-state index in [4.69, 9.17) is 4.42 Å². The number of rotatable bonds is 4. The molecule has 2 aromatic heterocycles. The number of carbonyl (C=O) groups excluding carboxylic acids is 2. The van der Waals surface area contributed by atoms with Crippen LogP contribution in [-0.4, -0.2) is 22.0 Å². The molecule has 0 spiro atoms. The van der Waals surface area contributed by atoms with Crippen LogP contribution in [0, 0.1) is 5.92 Å². The number of hydrogen-bond donors (Lipinski definition) is 3. The number of benzene rings is 1. The number of furan rings is 1. The Bertz CT molecular complexity index is 1140. The molecule has 2 atom stereocenters. The second-order valence-corrected chi connectivity index (χ2v) is 6.78. The van der Waals surface area contributed by atoms with Crippen molar-refractivity contribution in [2.24, 2.45) is 5.92 Å². The number of amides is 2. The van der Waals surface area contributed by atoms with Crippen LogP contribution in [0.5, 0.6) is 0 Å². The number of nitrogens with one attached hydrogen (secondary N) is 3. The first kappa shape index (κ1) is 17.7. The summed E-state index contributed by atoms with van der Waals surface area (Å²) in [6.07, 6.45) is 3.92. The van der Waals surface area contributed by atoms with Crippen LogP contribution < -0.4 is 16.4 Å². The van der Waals surface area contributed by atoms with Crippen LogP contribution in [-0.2, 0) is 4.79 Å². The van der Waals surface area contributed by atoms with E-state index in [1.807, 2.05) is 6.07 Å². The molecule has 2 heterocycles. The van der Waals surface area contributed by atoms with Crippen LogP contribution in [0.4, 0.5) is 0 Å². The zero-order valence-electron chi connectivity index (χ0n) is 15.1. The Hall–Kier alpha value is -3.68. The second-order valence-electron chi connectivity index (χ2n) is 6.78. The number of aromatic amines is 1. The zero-order valence-corrected chi connectivity index (χ0v) is 15.1. The SMILES string of the molecule is CC1CC1c1ccc(/C=C/C(=O)NNC(=O)c2n[nH]c(=O)c3ccccc23)o1. The van der Waals surface area contributed by atoms with E-state index in [-0.39, 0.29) is 5.69 Å². The van der Waals surface area contributed by atoms with Gasteiger partial charge in [0.1, 0.15) is 11.5 Å². The lowest BCUT2D eigenvalue weighted by Gasteiger charge is -2.06. The number of nitrogens with zero attached hydrogens (tertiary/aromatic N) is 1. The Labute approximate surface area is 159 Å². The highest BCUT2D eigenvalue weighted by Gasteiger charge is 2.36. The molecule has 0 bridgehead atoms. The highest BCUT2D eigenvalue weighted by molar-refractivity contribution is 6.05. The predicted octanol–water partition coefficient (Wildman–Crippen LogP) is 2.11. The first-order chi connectivity index (χ1) is 13.5. The van der Waals surface area contributed by atoms with E-state index in [1.165, 1.54) is 12.2 Å². The van der Waals surface area contributed by atoms with Crippen LogP contribution >= 0.6 is 0 Å². The lowest BCUT2D eigenvalue weighted by Crippen LogP contribution is -2.41. The summed E-state index contributed by atoms with van der Waals surface area (Å²) in [5.41, 5.74) is 4.18.